The summed E-state index contributed by atoms with van der Waals surface area (Å²) in [6.45, 7) is 4.60. The van der Waals surface area contributed by atoms with Gasteiger partial charge < -0.3 is 19.0 Å². The van der Waals surface area contributed by atoms with E-state index in [1.807, 2.05) is 0 Å². The summed E-state index contributed by atoms with van der Waals surface area (Å²) in [5.41, 5.74) is 0.180. The topological polar surface area (TPSA) is 75.9 Å². The fraction of sp³-hybridized carbons (Fsp3) is 0.476. The van der Waals surface area contributed by atoms with Crippen LogP contribution in [0.5, 0.6) is 0 Å². The number of oxazole rings is 1. The molecule has 0 atom stereocenters. The molecule has 2 aliphatic rings. The third kappa shape index (κ3) is 4.07. The number of ether oxygens (including phenoxy) is 1. The van der Waals surface area contributed by atoms with Gasteiger partial charge in [-0.2, -0.15) is 0 Å². The first-order valence-electron chi connectivity index (χ1n) is 10.0. The summed E-state index contributed by atoms with van der Waals surface area (Å²) < 4.78 is 38.1. The number of amides is 2. The number of benzene rings is 1. The molecule has 2 saturated heterocycles. The summed E-state index contributed by atoms with van der Waals surface area (Å²) in [4.78, 5) is 33.0. The molecular weight excluding hydrogens is 396 g/mol. The molecule has 160 valence electrons. The highest BCUT2D eigenvalue weighted by atomic mass is 19.1. The SMILES string of the molecule is Cc1oc(C2CCN(C(=O)c3ccc(F)cc3F)CC2)nc1C(=O)N1CCOCC1. The molecule has 0 saturated carbocycles. The molecule has 0 spiro atoms. The van der Waals surface area contributed by atoms with E-state index in [4.69, 9.17) is 9.15 Å². The molecule has 0 radical (unpaired) electrons. The Morgan fingerprint density at radius 3 is 2.37 bits per heavy atom. The summed E-state index contributed by atoms with van der Waals surface area (Å²) in [7, 11) is 0. The van der Waals surface area contributed by atoms with Gasteiger partial charge in [0.05, 0.1) is 18.8 Å². The van der Waals surface area contributed by atoms with Crippen LogP contribution in [0.2, 0.25) is 0 Å². The number of carbonyl (C=O) groups is 2. The number of hydrogen-bond acceptors (Lipinski definition) is 5. The van der Waals surface area contributed by atoms with E-state index in [1.165, 1.54) is 6.07 Å². The van der Waals surface area contributed by atoms with Gasteiger partial charge in [0, 0.05) is 38.2 Å². The number of likely N-dealkylation sites (tertiary alicyclic amines) is 1. The molecule has 9 heteroatoms. The van der Waals surface area contributed by atoms with E-state index in [2.05, 4.69) is 4.98 Å². The largest absolute Gasteiger partial charge is 0.445 e. The van der Waals surface area contributed by atoms with Crippen molar-refractivity contribution < 1.29 is 27.5 Å². The fourth-order valence-electron chi connectivity index (χ4n) is 3.87. The van der Waals surface area contributed by atoms with Gasteiger partial charge >= 0.3 is 0 Å². The van der Waals surface area contributed by atoms with Crippen molar-refractivity contribution >= 4 is 11.8 Å². The second-order valence-corrected chi connectivity index (χ2v) is 7.55. The van der Waals surface area contributed by atoms with Gasteiger partial charge in [-0.05, 0) is 31.9 Å². The quantitative estimate of drug-likeness (QED) is 0.765. The number of carbonyl (C=O) groups excluding carboxylic acids is 2. The van der Waals surface area contributed by atoms with E-state index in [9.17, 15) is 18.4 Å². The standard InChI is InChI=1S/C21H23F2N3O4/c1-13-18(21(28)26-8-10-29-11-9-26)24-19(30-13)14-4-6-25(7-5-14)20(27)16-3-2-15(22)12-17(16)23/h2-3,12,14H,4-11H2,1H3. The van der Waals surface area contributed by atoms with Gasteiger partial charge in [0.1, 0.15) is 17.4 Å². The van der Waals surface area contributed by atoms with Gasteiger partial charge in [0.25, 0.3) is 11.8 Å². The molecule has 7 nitrogen and oxygen atoms in total. The minimum atomic E-state index is -0.864. The van der Waals surface area contributed by atoms with Crippen LogP contribution in [0.3, 0.4) is 0 Å². The van der Waals surface area contributed by atoms with Gasteiger partial charge in [-0.15, -0.1) is 0 Å². The van der Waals surface area contributed by atoms with Gasteiger partial charge in [-0.25, -0.2) is 13.8 Å². The van der Waals surface area contributed by atoms with E-state index < -0.39 is 17.5 Å². The summed E-state index contributed by atoms with van der Waals surface area (Å²) in [5.74, 6) is -1.27. The van der Waals surface area contributed by atoms with Crippen molar-refractivity contribution in [3.63, 3.8) is 0 Å². The van der Waals surface area contributed by atoms with Crippen LogP contribution in [0.15, 0.2) is 22.6 Å². The highest BCUT2D eigenvalue weighted by molar-refractivity contribution is 5.94. The second kappa shape index (κ2) is 8.51. The average molecular weight is 419 g/mol. The lowest BCUT2D eigenvalue weighted by atomic mass is 9.96. The van der Waals surface area contributed by atoms with Crippen molar-refractivity contribution in [3.8, 4) is 0 Å². The number of halogens is 2. The van der Waals surface area contributed by atoms with Crippen LogP contribution in [-0.4, -0.2) is 66.0 Å². The third-order valence-electron chi connectivity index (χ3n) is 5.61. The van der Waals surface area contributed by atoms with E-state index in [-0.39, 0.29) is 17.4 Å². The second-order valence-electron chi connectivity index (χ2n) is 7.55. The lowest BCUT2D eigenvalue weighted by Gasteiger charge is -2.30. The molecule has 3 heterocycles. The number of piperidine rings is 1. The lowest BCUT2D eigenvalue weighted by Crippen LogP contribution is -2.41. The maximum atomic E-state index is 13.9. The number of aryl methyl sites for hydroxylation is 1. The van der Waals surface area contributed by atoms with Gasteiger partial charge in [-0.3, -0.25) is 9.59 Å². The normalized spacial score (nSPS) is 18.0. The summed E-state index contributed by atoms with van der Waals surface area (Å²) in [6, 6.07) is 2.95. The molecule has 0 bridgehead atoms. The van der Waals surface area contributed by atoms with Crippen LogP contribution in [0, 0.1) is 18.6 Å². The van der Waals surface area contributed by atoms with Crippen molar-refractivity contribution in [2.75, 3.05) is 39.4 Å². The molecule has 0 aliphatic carbocycles. The molecule has 2 aromatic rings. The maximum absolute atomic E-state index is 13.9. The van der Waals surface area contributed by atoms with Gasteiger partial charge in [0.2, 0.25) is 0 Å². The minimum absolute atomic E-state index is 0.0305. The predicted octanol–water partition coefficient (Wildman–Crippen LogP) is 2.75. The number of nitrogens with zero attached hydrogens (tertiary/aromatic N) is 3. The zero-order chi connectivity index (χ0) is 21.3. The number of rotatable bonds is 3. The lowest BCUT2D eigenvalue weighted by molar-refractivity contribution is 0.0298. The number of morpholine rings is 1. The minimum Gasteiger partial charge on any atom is -0.445 e. The Bertz CT molecular complexity index is 948. The monoisotopic (exact) mass is 419 g/mol. The van der Waals surface area contributed by atoms with Crippen LogP contribution >= 0.6 is 0 Å². The Hall–Kier alpha value is -2.81. The highest BCUT2D eigenvalue weighted by Gasteiger charge is 2.31. The van der Waals surface area contributed by atoms with Crippen LogP contribution in [0.1, 0.15) is 51.3 Å². The van der Waals surface area contributed by atoms with E-state index in [1.54, 1.807) is 16.7 Å². The van der Waals surface area contributed by atoms with Crippen LogP contribution < -0.4 is 0 Å². The first kappa shape index (κ1) is 20.5. The molecule has 2 aliphatic heterocycles. The Morgan fingerprint density at radius 1 is 1.03 bits per heavy atom. The molecule has 0 N–H and O–H groups in total. The van der Waals surface area contributed by atoms with Gasteiger partial charge in [-0.1, -0.05) is 0 Å². The third-order valence-corrected chi connectivity index (χ3v) is 5.61. The van der Waals surface area contributed by atoms with Gasteiger partial charge in [0.15, 0.2) is 11.6 Å². The smallest absolute Gasteiger partial charge is 0.276 e. The first-order valence-corrected chi connectivity index (χ1v) is 10.0. The predicted molar refractivity (Wildman–Crippen MR) is 102 cm³/mol. The number of aromatic nitrogens is 1. The van der Waals surface area contributed by atoms with Crippen molar-refractivity contribution in [1.29, 1.82) is 0 Å². The van der Waals surface area contributed by atoms with Crippen molar-refractivity contribution in [1.82, 2.24) is 14.8 Å². The Balaban J connectivity index is 1.40. The zero-order valence-corrected chi connectivity index (χ0v) is 16.7. The van der Waals surface area contributed by atoms with E-state index >= 15 is 0 Å². The summed E-state index contributed by atoms with van der Waals surface area (Å²) >= 11 is 0. The Labute approximate surface area is 172 Å². The number of hydrogen-bond donors (Lipinski definition) is 0. The summed E-state index contributed by atoms with van der Waals surface area (Å²) in [5, 5.41) is 0. The van der Waals surface area contributed by atoms with Crippen molar-refractivity contribution in [3.05, 3.63) is 52.7 Å². The van der Waals surface area contributed by atoms with Crippen LogP contribution in [-0.2, 0) is 4.74 Å². The highest BCUT2D eigenvalue weighted by Crippen LogP contribution is 2.30. The fourth-order valence-corrected chi connectivity index (χ4v) is 3.87. The molecular formula is C21H23F2N3O4. The first-order chi connectivity index (χ1) is 14.4. The van der Waals surface area contributed by atoms with E-state index in [0.29, 0.717) is 75.6 Å². The molecule has 1 aromatic heterocycles. The zero-order valence-electron chi connectivity index (χ0n) is 16.7. The summed E-state index contributed by atoms with van der Waals surface area (Å²) in [6.07, 6.45) is 1.17. The average Bonchev–Trinajstić information content (AvgIpc) is 3.15. The molecule has 2 amide bonds. The maximum Gasteiger partial charge on any atom is 0.276 e. The van der Waals surface area contributed by atoms with Crippen LogP contribution in [0.4, 0.5) is 8.78 Å². The van der Waals surface area contributed by atoms with Crippen molar-refractivity contribution in [2.24, 2.45) is 0 Å². The molecule has 4 rings (SSSR count). The molecule has 0 unspecified atom stereocenters. The molecule has 2 fully saturated rings. The Morgan fingerprint density at radius 2 is 1.70 bits per heavy atom. The molecule has 1 aromatic carbocycles. The Kier molecular flexibility index (Phi) is 5.80. The van der Waals surface area contributed by atoms with E-state index in [0.717, 1.165) is 6.07 Å². The van der Waals surface area contributed by atoms with Crippen LogP contribution in [0.25, 0.3) is 0 Å². The van der Waals surface area contributed by atoms with Crippen molar-refractivity contribution in [2.45, 2.75) is 25.7 Å². The molecule has 30 heavy (non-hydrogen) atoms.